The highest BCUT2D eigenvalue weighted by molar-refractivity contribution is 7.13. The van der Waals surface area contributed by atoms with Gasteiger partial charge in [-0.05, 0) is 12.5 Å². The minimum Gasteiger partial charge on any atom is -0.465 e. The lowest BCUT2D eigenvalue weighted by molar-refractivity contribution is 0.357. The molecule has 0 aliphatic heterocycles. The summed E-state index contributed by atoms with van der Waals surface area (Å²) in [7, 11) is 0. The Hall–Kier alpha value is -0.940. The Kier molecular flexibility index (Phi) is 5.28. The fourth-order valence-electron chi connectivity index (χ4n) is 0.966. The molecule has 1 heterocycles. The highest BCUT2D eigenvalue weighted by Crippen LogP contribution is 2.17. The number of hydrogen-bond donors (Lipinski definition) is 1. The normalized spacial score (nSPS) is 10.6. The van der Waals surface area contributed by atoms with Gasteiger partial charge in [0.1, 0.15) is 11.6 Å². The second kappa shape index (κ2) is 6.53. The second-order valence-electron chi connectivity index (χ2n) is 3.59. The van der Waals surface area contributed by atoms with E-state index in [4.69, 9.17) is 4.74 Å². The van der Waals surface area contributed by atoms with E-state index in [1.165, 1.54) is 11.3 Å². The van der Waals surface area contributed by atoms with Crippen LogP contribution in [-0.4, -0.2) is 23.3 Å². The van der Waals surface area contributed by atoms with Crippen molar-refractivity contribution in [2.45, 2.75) is 20.4 Å². The predicted molar refractivity (Wildman–Crippen MR) is 62.1 cm³/mol. The molecule has 1 aromatic rings. The van der Waals surface area contributed by atoms with Gasteiger partial charge in [-0.15, -0.1) is 5.10 Å². The van der Waals surface area contributed by atoms with Crippen molar-refractivity contribution in [3.8, 4) is 5.19 Å². The average molecular weight is 227 g/mol. The summed E-state index contributed by atoms with van der Waals surface area (Å²) >= 11 is 1.47. The Balaban J connectivity index is 2.29. The minimum atomic E-state index is 0.480. The third kappa shape index (κ3) is 4.90. The molecule has 0 saturated heterocycles. The molecule has 0 bridgehead atoms. The van der Waals surface area contributed by atoms with Crippen LogP contribution in [0.5, 0.6) is 5.19 Å². The molecule has 1 rings (SSSR count). The molecule has 0 aromatic carbocycles. The van der Waals surface area contributed by atoms with Crippen LogP contribution < -0.4 is 10.1 Å². The number of ether oxygens (including phenoxy) is 1. The van der Waals surface area contributed by atoms with E-state index in [2.05, 4.69) is 35.9 Å². The smallest absolute Gasteiger partial charge is 0.294 e. The van der Waals surface area contributed by atoms with Gasteiger partial charge in [-0.25, -0.2) is 0 Å². The fourth-order valence-corrected chi connectivity index (χ4v) is 1.63. The van der Waals surface area contributed by atoms with Crippen molar-refractivity contribution < 1.29 is 4.74 Å². The van der Waals surface area contributed by atoms with Gasteiger partial charge < -0.3 is 10.1 Å². The molecule has 5 heteroatoms. The molecule has 0 unspecified atom stereocenters. The first-order valence-electron chi connectivity index (χ1n) is 4.99. The molecular weight excluding hydrogens is 210 g/mol. The topological polar surface area (TPSA) is 47.0 Å². The number of aromatic nitrogens is 2. The van der Waals surface area contributed by atoms with Gasteiger partial charge in [0.05, 0.1) is 0 Å². The molecule has 0 aliphatic carbocycles. The van der Waals surface area contributed by atoms with E-state index in [0.29, 0.717) is 17.7 Å². The van der Waals surface area contributed by atoms with Crippen molar-refractivity contribution >= 4 is 11.3 Å². The summed E-state index contributed by atoms with van der Waals surface area (Å²) < 4.78 is 5.26. The maximum Gasteiger partial charge on any atom is 0.294 e. The monoisotopic (exact) mass is 227 g/mol. The van der Waals surface area contributed by atoms with Crippen LogP contribution in [0, 0.1) is 5.92 Å². The summed E-state index contributed by atoms with van der Waals surface area (Å²) in [5.41, 5.74) is 0. The van der Waals surface area contributed by atoms with Gasteiger partial charge in [0.2, 0.25) is 0 Å². The van der Waals surface area contributed by atoms with Gasteiger partial charge in [0.15, 0.2) is 0 Å². The maximum absolute atomic E-state index is 5.26. The summed E-state index contributed by atoms with van der Waals surface area (Å²) in [4.78, 5) is 0. The van der Waals surface area contributed by atoms with Crippen molar-refractivity contribution in [2.75, 3.05) is 13.2 Å². The zero-order chi connectivity index (χ0) is 11.1. The first kappa shape index (κ1) is 12.1. The number of rotatable bonds is 7. The van der Waals surface area contributed by atoms with Gasteiger partial charge in [0.25, 0.3) is 5.19 Å². The molecule has 1 N–H and O–H groups in total. The lowest BCUT2D eigenvalue weighted by Gasteiger charge is -2.03. The van der Waals surface area contributed by atoms with Crippen molar-refractivity contribution in [1.29, 1.82) is 0 Å². The lowest BCUT2D eigenvalue weighted by Crippen LogP contribution is -2.18. The van der Waals surface area contributed by atoms with E-state index in [0.717, 1.165) is 18.1 Å². The van der Waals surface area contributed by atoms with Gasteiger partial charge in [0, 0.05) is 6.54 Å². The number of nitrogens with zero attached hydrogens (tertiary/aromatic N) is 2. The molecule has 0 aliphatic rings. The van der Waals surface area contributed by atoms with Crippen LogP contribution in [0.1, 0.15) is 18.9 Å². The minimum absolute atomic E-state index is 0.480. The van der Waals surface area contributed by atoms with Crippen LogP contribution in [0.4, 0.5) is 0 Å². The van der Waals surface area contributed by atoms with Crippen molar-refractivity contribution in [1.82, 2.24) is 15.5 Å². The SMILES string of the molecule is C=CCOc1nnc(CNCC(C)C)s1. The molecule has 0 saturated carbocycles. The summed E-state index contributed by atoms with van der Waals surface area (Å²) in [6, 6.07) is 0. The standard InChI is InChI=1S/C10H17N3OS/c1-4-5-14-10-13-12-9(15-10)7-11-6-8(2)3/h4,8,11H,1,5-7H2,2-3H3. The molecule has 0 amide bonds. The Morgan fingerprint density at radius 2 is 2.33 bits per heavy atom. The number of hydrogen-bond acceptors (Lipinski definition) is 5. The predicted octanol–water partition coefficient (Wildman–Crippen LogP) is 1.85. The Bertz CT molecular complexity index is 299. The molecule has 0 fully saturated rings. The highest BCUT2D eigenvalue weighted by Gasteiger charge is 2.04. The van der Waals surface area contributed by atoms with Crippen LogP contribution in [0.25, 0.3) is 0 Å². The van der Waals surface area contributed by atoms with Crippen LogP contribution in [0.15, 0.2) is 12.7 Å². The molecule has 0 spiro atoms. The zero-order valence-corrected chi connectivity index (χ0v) is 10.0. The third-order valence-electron chi connectivity index (χ3n) is 1.60. The summed E-state index contributed by atoms with van der Waals surface area (Å²) in [6.07, 6.45) is 1.69. The molecule has 4 nitrogen and oxygen atoms in total. The van der Waals surface area contributed by atoms with E-state index in [1.54, 1.807) is 6.08 Å². The van der Waals surface area contributed by atoms with E-state index in [-0.39, 0.29) is 0 Å². The summed E-state index contributed by atoms with van der Waals surface area (Å²) in [5, 5.41) is 12.8. The van der Waals surface area contributed by atoms with Crippen molar-refractivity contribution in [3.63, 3.8) is 0 Å². The Morgan fingerprint density at radius 1 is 1.53 bits per heavy atom. The van der Waals surface area contributed by atoms with Gasteiger partial charge in [-0.3, -0.25) is 0 Å². The largest absolute Gasteiger partial charge is 0.465 e. The molecule has 1 aromatic heterocycles. The third-order valence-corrected chi connectivity index (χ3v) is 2.44. The Morgan fingerprint density at radius 3 is 3.00 bits per heavy atom. The molecule has 0 atom stereocenters. The molecule has 84 valence electrons. The van der Waals surface area contributed by atoms with Crippen molar-refractivity contribution in [3.05, 3.63) is 17.7 Å². The van der Waals surface area contributed by atoms with E-state index in [1.807, 2.05) is 0 Å². The van der Waals surface area contributed by atoms with E-state index in [9.17, 15) is 0 Å². The second-order valence-corrected chi connectivity index (χ2v) is 4.61. The van der Waals surface area contributed by atoms with Crippen LogP contribution in [0.3, 0.4) is 0 Å². The molecule has 0 radical (unpaired) electrons. The van der Waals surface area contributed by atoms with Crippen LogP contribution in [0.2, 0.25) is 0 Å². The van der Waals surface area contributed by atoms with Gasteiger partial charge >= 0.3 is 0 Å². The van der Waals surface area contributed by atoms with Gasteiger partial charge in [-0.1, -0.05) is 42.9 Å². The highest BCUT2D eigenvalue weighted by atomic mass is 32.1. The lowest BCUT2D eigenvalue weighted by atomic mass is 10.2. The van der Waals surface area contributed by atoms with E-state index >= 15 is 0 Å². The number of nitrogens with one attached hydrogen (secondary N) is 1. The first-order valence-corrected chi connectivity index (χ1v) is 5.80. The maximum atomic E-state index is 5.26. The van der Waals surface area contributed by atoms with E-state index < -0.39 is 0 Å². The van der Waals surface area contributed by atoms with Crippen LogP contribution >= 0.6 is 11.3 Å². The van der Waals surface area contributed by atoms with Gasteiger partial charge in [-0.2, -0.15) is 0 Å². The first-order chi connectivity index (χ1) is 7.22. The summed E-state index contributed by atoms with van der Waals surface area (Å²) in [6.45, 7) is 10.1. The average Bonchev–Trinajstić information content (AvgIpc) is 2.62. The Labute approximate surface area is 94.4 Å². The zero-order valence-electron chi connectivity index (χ0n) is 9.19. The quantitative estimate of drug-likeness (QED) is 0.722. The fraction of sp³-hybridized carbons (Fsp3) is 0.600. The molecular formula is C10H17N3OS. The van der Waals surface area contributed by atoms with Crippen molar-refractivity contribution in [2.24, 2.45) is 5.92 Å². The molecule has 15 heavy (non-hydrogen) atoms. The van der Waals surface area contributed by atoms with Crippen LogP contribution in [-0.2, 0) is 6.54 Å². The summed E-state index contributed by atoms with van der Waals surface area (Å²) in [5.74, 6) is 0.648.